The van der Waals surface area contributed by atoms with Crippen LogP contribution < -0.4 is 0 Å². The van der Waals surface area contributed by atoms with E-state index in [2.05, 4.69) is 34.6 Å². The molecular weight excluding hydrogens is 704 g/mol. The SMILES string of the molecule is C[C@@H]1C[C@H]2O[C@@]3(O[C@H]2C(C)(C)O)[C@H](O)[C@@]2(C)[C@@H]4CC[C@H]5C(C)(C)[C@@H](O[C@@H]6OC[C@@H](O)[C@H](O[C@@H]7OC[C@@H](O)[C@H](O)[C@H]7O)[C@H]6O)CC[C@@]56C[C@]46C[C@@H](O)[C@]2(C)[C@@H]13. The van der Waals surface area contributed by atoms with E-state index >= 15 is 0 Å². The van der Waals surface area contributed by atoms with E-state index in [4.69, 9.17) is 28.4 Å². The van der Waals surface area contributed by atoms with Crippen LogP contribution in [0.5, 0.6) is 0 Å². The lowest BCUT2D eigenvalue weighted by molar-refractivity contribution is -0.345. The van der Waals surface area contributed by atoms with E-state index < -0.39 is 89.7 Å². The van der Waals surface area contributed by atoms with E-state index in [-0.39, 0.29) is 65.3 Å². The van der Waals surface area contributed by atoms with Crippen molar-refractivity contribution < 1.29 is 69.3 Å². The van der Waals surface area contributed by atoms with Crippen molar-refractivity contribution in [2.45, 2.75) is 185 Å². The van der Waals surface area contributed by atoms with Gasteiger partial charge < -0.3 is 69.3 Å². The first-order valence-corrected chi connectivity index (χ1v) is 20.5. The van der Waals surface area contributed by atoms with Gasteiger partial charge in [0.05, 0.1) is 37.1 Å². The van der Waals surface area contributed by atoms with Crippen molar-refractivity contribution in [3.05, 3.63) is 0 Å². The van der Waals surface area contributed by atoms with Gasteiger partial charge in [0.25, 0.3) is 0 Å². The molecule has 8 N–H and O–H groups in total. The molecule has 4 aliphatic heterocycles. The molecule has 0 unspecified atom stereocenters. The van der Waals surface area contributed by atoms with Crippen LogP contribution in [0.4, 0.5) is 0 Å². The highest BCUT2D eigenvalue weighted by atomic mass is 16.8. The van der Waals surface area contributed by atoms with Crippen molar-refractivity contribution in [3.8, 4) is 0 Å². The van der Waals surface area contributed by atoms with Crippen LogP contribution in [0.15, 0.2) is 0 Å². The summed E-state index contributed by atoms with van der Waals surface area (Å²) in [7, 11) is 0. The van der Waals surface area contributed by atoms with E-state index in [1.807, 2.05) is 0 Å². The topological polar surface area (TPSA) is 217 Å². The van der Waals surface area contributed by atoms with Gasteiger partial charge in [-0.05, 0) is 92.8 Å². The van der Waals surface area contributed by atoms with Crippen LogP contribution in [-0.4, -0.2) is 145 Å². The predicted molar refractivity (Wildman–Crippen MR) is 187 cm³/mol. The van der Waals surface area contributed by atoms with Crippen LogP contribution in [0.25, 0.3) is 0 Å². The zero-order valence-electron chi connectivity index (χ0n) is 32.7. The molecule has 5 aliphatic carbocycles. The van der Waals surface area contributed by atoms with Crippen molar-refractivity contribution in [3.63, 3.8) is 0 Å². The maximum absolute atomic E-state index is 12.8. The summed E-state index contributed by atoms with van der Waals surface area (Å²) in [5.41, 5.74) is -3.16. The molecule has 0 amide bonds. The monoisotopic (exact) mass is 768 g/mol. The van der Waals surface area contributed by atoms with E-state index in [0.717, 1.165) is 25.7 Å². The first-order valence-electron chi connectivity index (χ1n) is 20.5. The molecule has 0 aromatic heterocycles. The van der Waals surface area contributed by atoms with Gasteiger partial charge in [0.15, 0.2) is 18.4 Å². The maximum Gasteiger partial charge on any atom is 0.199 e. The molecule has 3 spiro atoms. The molecule has 0 aromatic carbocycles. The summed E-state index contributed by atoms with van der Waals surface area (Å²) in [5, 5.41) is 89.0. The molecule has 9 rings (SSSR count). The standard InChI is InChI=1S/C40H64O14/c1-17-12-20-30(35(4,5)48)54-40(53-20)29(17)37(7)23(43)13-39-16-38(39)11-10-24(34(2,3)21(38)8-9-22(39)36(37,6)33(40)47)51-32-27(46)28(19(42)15-50-32)52-31-26(45)25(44)18(41)14-49-31/h17-33,41-48H,8-16H2,1-7H3/t17-,18-,19-,20-,21+,22+,23-,24+,25+,26-,27-,28+,29-,30-,31+,32+,33-,36-,37-,38-,39-,40+/m1/s1. The largest absolute Gasteiger partial charge is 0.393 e. The minimum Gasteiger partial charge on any atom is -0.393 e. The normalized spacial score (nSPS) is 61.5. The Morgan fingerprint density at radius 1 is 0.722 bits per heavy atom. The number of rotatable bonds is 5. The van der Waals surface area contributed by atoms with Gasteiger partial charge in [0, 0.05) is 16.7 Å². The van der Waals surface area contributed by atoms with Crippen LogP contribution in [0.2, 0.25) is 0 Å². The first-order chi connectivity index (χ1) is 25.1. The Hall–Kier alpha value is -0.560. The lowest BCUT2D eigenvalue weighted by Crippen LogP contribution is -2.64. The highest BCUT2D eigenvalue weighted by molar-refractivity contribution is 5.36. The Kier molecular flexibility index (Phi) is 8.67. The number of ether oxygens (including phenoxy) is 6. The molecule has 22 atom stereocenters. The quantitative estimate of drug-likeness (QED) is 0.180. The Labute approximate surface area is 317 Å². The molecule has 54 heavy (non-hydrogen) atoms. The molecule has 9 aliphatic rings. The van der Waals surface area contributed by atoms with E-state index in [0.29, 0.717) is 19.3 Å². The molecule has 2 bridgehead atoms. The van der Waals surface area contributed by atoms with Gasteiger partial charge in [-0.15, -0.1) is 0 Å². The fourth-order valence-corrected chi connectivity index (χ4v) is 15.2. The fourth-order valence-electron chi connectivity index (χ4n) is 15.2. The predicted octanol–water partition coefficient (Wildman–Crippen LogP) is 0.556. The van der Waals surface area contributed by atoms with Crippen LogP contribution in [0.3, 0.4) is 0 Å². The Morgan fingerprint density at radius 3 is 2.06 bits per heavy atom. The summed E-state index contributed by atoms with van der Waals surface area (Å²) in [6, 6.07) is 0. The lowest BCUT2D eigenvalue weighted by Gasteiger charge is -2.65. The summed E-state index contributed by atoms with van der Waals surface area (Å²) in [4.78, 5) is 0. The van der Waals surface area contributed by atoms with Gasteiger partial charge >= 0.3 is 0 Å². The van der Waals surface area contributed by atoms with E-state index in [1.165, 1.54) is 0 Å². The van der Waals surface area contributed by atoms with Gasteiger partial charge in [-0.25, -0.2) is 0 Å². The highest BCUT2D eigenvalue weighted by Crippen LogP contribution is 2.90. The molecule has 14 nitrogen and oxygen atoms in total. The third kappa shape index (κ3) is 4.67. The smallest absolute Gasteiger partial charge is 0.199 e. The molecular formula is C40H64O14. The molecule has 9 fully saturated rings. The highest BCUT2D eigenvalue weighted by Gasteiger charge is 2.89. The number of fused-ring (bicyclic) bond motifs is 4. The molecule has 4 heterocycles. The zero-order chi connectivity index (χ0) is 38.9. The third-order valence-electron chi connectivity index (χ3n) is 17.6. The Morgan fingerprint density at radius 2 is 1.37 bits per heavy atom. The van der Waals surface area contributed by atoms with Crippen molar-refractivity contribution in [1.82, 2.24) is 0 Å². The zero-order valence-corrected chi connectivity index (χ0v) is 32.7. The number of hydrogen-bond donors (Lipinski definition) is 8. The van der Waals surface area contributed by atoms with Crippen molar-refractivity contribution in [1.29, 1.82) is 0 Å². The molecule has 14 heteroatoms. The molecule has 308 valence electrons. The van der Waals surface area contributed by atoms with Gasteiger partial charge in [-0.3, -0.25) is 0 Å². The number of aliphatic hydroxyl groups excluding tert-OH is 7. The Bertz CT molecular complexity index is 1490. The number of hydrogen-bond acceptors (Lipinski definition) is 14. The molecule has 4 saturated heterocycles. The Balaban J connectivity index is 0.957. The van der Waals surface area contributed by atoms with E-state index in [1.54, 1.807) is 13.8 Å². The van der Waals surface area contributed by atoms with Crippen molar-refractivity contribution in [2.75, 3.05) is 13.2 Å². The van der Waals surface area contributed by atoms with Crippen LogP contribution in [0, 0.1) is 50.7 Å². The number of aliphatic hydroxyl groups is 8. The summed E-state index contributed by atoms with van der Waals surface area (Å²) >= 11 is 0. The molecule has 0 aromatic rings. The third-order valence-corrected chi connectivity index (χ3v) is 17.6. The van der Waals surface area contributed by atoms with Crippen molar-refractivity contribution >= 4 is 0 Å². The van der Waals surface area contributed by atoms with Crippen LogP contribution >= 0.6 is 0 Å². The molecule has 0 radical (unpaired) electrons. The minimum absolute atomic E-state index is 0.0648. The van der Waals surface area contributed by atoms with Gasteiger partial charge in [0.1, 0.15) is 48.8 Å². The second kappa shape index (κ2) is 12.0. The van der Waals surface area contributed by atoms with Gasteiger partial charge in [-0.2, -0.15) is 0 Å². The summed E-state index contributed by atoms with van der Waals surface area (Å²) in [5.74, 6) is -1.08. The average molecular weight is 769 g/mol. The lowest BCUT2D eigenvalue weighted by atomic mass is 9.40. The second-order valence-corrected chi connectivity index (χ2v) is 20.7. The first kappa shape index (κ1) is 38.9. The summed E-state index contributed by atoms with van der Waals surface area (Å²) in [6.07, 6.45) is -8.10. The summed E-state index contributed by atoms with van der Waals surface area (Å²) in [6.45, 7) is 14.0. The van der Waals surface area contributed by atoms with E-state index in [9.17, 15) is 40.9 Å². The van der Waals surface area contributed by atoms with Crippen LogP contribution in [0.1, 0.15) is 93.4 Å². The molecule has 5 saturated carbocycles. The second-order valence-electron chi connectivity index (χ2n) is 20.7. The average Bonchev–Trinajstić information content (AvgIpc) is 3.58. The van der Waals surface area contributed by atoms with Gasteiger partial charge in [0.2, 0.25) is 0 Å². The maximum atomic E-state index is 12.8. The minimum atomic E-state index is -1.58. The fraction of sp³-hybridized carbons (Fsp3) is 1.00. The van der Waals surface area contributed by atoms with Crippen LogP contribution in [-0.2, 0) is 28.4 Å². The van der Waals surface area contributed by atoms with Crippen molar-refractivity contribution in [2.24, 2.45) is 50.7 Å². The van der Waals surface area contributed by atoms with Gasteiger partial charge in [-0.1, -0.05) is 34.6 Å². The summed E-state index contributed by atoms with van der Waals surface area (Å²) < 4.78 is 37.2.